The summed E-state index contributed by atoms with van der Waals surface area (Å²) in [5, 5.41) is 0. The molecule has 1 atom stereocenters. The third-order valence-corrected chi connectivity index (χ3v) is 3.97. The Balaban J connectivity index is 1.67. The van der Waals surface area contributed by atoms with Crippen molar-refractivity contribution in [3.8, 4) is 5.75 Å². The molecule has 0 bridgehead atoms. The maximum atomic E-state index is 12.5. The molecule has 1 aromatic heterocycles. The number of benzene rings is 1. The topological polar surface area (TPSA) is 47.4 Å². The minimum Gasteiger partial charge on any atom is -0.406 e. The minimum absolute atomic E-state index is 0.165. The van der Waals surface area contributed by atoms with Crippen LogP contribution in [0.5, 0.6) is 5.75 Å². The van der Waals surface area contributed by atoms with E-state index in [0.29, 0.717) is 18.7 Å². The molecule has 5 nitrogen and oxygen atoms in total. The molecule has 2 heterocycles. The Morgan fingerprint density at radius 3 is 2.62 bits per heavy atom. The van der Waals surface area contributed by atoms with Gasteiger partial charge in [0.15, 0.2) is 0 Å². The predicted octanol–water partition coefficient (Wildman–Crippen LogP) is 3.26. The molecule has 1 aromatic carbocycles. The summed E-state index contributed by atoms with van der Waals surface area (Å²) in [6, 6.07) is 5.17. The number of aromatic nitrogens is 2. The summed E-state index contributed by atoms with van der Waals surface area (Å²) in [5.41, 5.74) is 0.343. The summed E-state index contributed by atoms with van der Waals surface area (Å²) >= 11 is 0. The van der Waals surface area contributed by atoms with Gasteiger partial charge in [0.05, 0.1) is 12.4 Å². The number of carbonyl (C=O) groups is 1. The molecule has 3 rings (SSSR count). The molecule has 2 aromatic rings. The van der Waals surface area contributed by atoms with Gasteiger partial charge in [-0.3, -0.25) is 4.79 Å². The number of imidazole rings is 1. The maximum absolute atomic E-state index is 12.5. The van der Waals surface area contributed by atoms with Crippen LogP contribution in [0.4, 0.5) is 13.2 Å². The second kappa shape index (κ2) is 6.54. The van der Waals surface area contributed by atoms with E-state index in [1.165, 1.54) is 12.1 Å². The Morgan fingerprint density at radius 2 is 2.00 bits per heavy atom. The van der Waals surface area contributed by atoms with Crippen LogP contribution in [0.3, 0.4) is 0 Å². The number of rotatable bonds is 3. The Kier molecular flexibility index (Phi) is 4.46. The van der Waals surface area contributed by atoms with E-state index in [4.69, 9.17) is 0 Å². The lowest BCUT2D eigenvalue weighted by Gasteiger charge is -2.33. The van der Waals surface area contributed by atoms with Gasteiger partial charge in [-0.15, -0.1) is 13.2 Å². The maximum Gasteiger partial charge on any atom is 0.573 e. The third-order valence-electron chi connectivity index (χ3n) is 3.97. The second-order valence-corrected chi connectivity index (χ2v) is 5.63. The molecule has 1 amide bonds. The summed E-state index contributed by atoms with van der Waals surface area (Å²) in [5.74, 6) is -0.535. The van der Waals surface area contributed by atoms with Gasteiger partial charge in [0.1, 0.15) is 5.75 Å². The SMILES string of the molecule is O=C(c1ccc(OC(F)(F)F)cc1)N1CCCC(n2ccnc2)C1. The third kappa shape index (κ3) is 3.87. The van der Waals surface area contributed by atoms with Crippen LogP contribution in [0.15, 0.2) is 43.0 Å². The summed E-state index contributed by atoms with van der Waals surface area (Å²) in [4.78, 5) is 18.3. The quantitative estimate of drug-likeness (QED) is 0.862. The molecule has 0 spiro atoms. The van der Waals surface area contributed by atoms with Gasteiger partial charge in [-0.25, -0.2) is 4.98 Å². The number of hydrogen-bond donors (Lipinski definition) is 0. The zero-order valence-corrected chi connectivity index (χ0v) is 12.7. The first-order valence-electron chi connectivity index (χ1n) is 7.55. The van der Waals surface area contributed by atoms with E-state index in [-0.39, 0.29) is 17.7 Å². The van der Waals surface area contributed by atoms with Crippen molar-refractivity contribution in [2.75, 3.05) is 13.1 Å². The molecule has 1 saturated heterocycles. The van der Waals surface area contributed by atoms with E-state index in [2.05, 4.69) is 9.72 Å². The van der Waals surface area contributed by atoms with Crippen LogP contribution in [0.1, 0.15) is 29.2 Å². The first kappa shape index (κ1) is 16.4. The van der Waals surface area contributed by atoms with Gasteiger partial charge in [-0.2, -0.15) is 0 Å². The number of nitrogens with zero attached hydrogens (tertiary/aromatic N) is 3. The highest BCUT2D eigenvalue weighted by Gasteiger charge is 2.31. The van der Waals surface area contributed by atoms with E-state index in [1.54, 1.807) is 17.4 Å². The summed E-state index contributed by atoms with van der Waals surface area (Å²) in [6.45, 7) is 1.18. The average Bonchev–Trinajstić information content (AvgIpc) is 3.08. The fourth-order valence-corrected chi connectivity index (χ4v) is 2.85. The van der Waals surface area contributed by atoms with Crippen molar-refractivity contribution >= 4 is 5.91 Å². The van der Waals surface area contributed by atoms with Crippen LogP contribution in [0.2, 0.25) is 0 Å². The van der Waals surface area contributed by atoms with Crippen molar-refractivity contribution in [1.82, 2.24) is 14.5 Å². The fraction of sp³-hybridized carbons (Fsp3) is 0.375. The number of ether oxygens (including phenoxy) is 1. The van der Waals surface area contributed by atoms with E-state index >= 15 is 0 Å². The second-order valence-electron chi connectivity index (χ2n) is 5.63. The normalized spacial score (nSPS) is 18.5. The first-order valence-corrected chi connectivity index (χ1v) is 7.55. The molecule has 128 valence electrons. The molecule has 1 unspecified atom stereocenters. The highest BCUT2D eigenvalue weighted by atomic mass is 19.4. The number of alkyl halides is 3. The van der Waals surface area contributed by atoms with Crippen molar-refractivity contribution < 1.29 is 22.7 Å². The van der Waals surface area contributed by atoms with E-state index in [1.807, 2.05) is 10.8 Å². The van der Waals surface area contributed by atoms with Crippen molar-refractivity contribution in [2.45, 2.75) is 25.2 Å². The van der Waals surface area contributed by atoms with Crippen LogP contribution in [0, 0.1) is 0 Å². The van der Waals surface area contributed by atoms with Crippen LogP contribution in [0.25, 0.3) is 0 Å². The molecule has 1 aliphatic rings. The molecular formula is C16H16F3N3O2. The van der Waals surface area contributed by atoms with Crippen LogP contribution in [-0.4, -0.2) is 39.8 Å². The van der Waals surface area contributed by atoms with Crippen molar-refractivity contribution in [3.05, 3.63) is 48.5 Å². The van der Waals surface area contributed by atoms with E-state index < -0.39 is 6.36 Å². The monoisotopic (exact) mass is 339 g/mol. The van der Waals surface area contributed by atoms with Gasteiger partial charge >= 0.3 is 6.36 Å². The summed E-state index contributed by atoms with van der Waals surface area (Å²) in [6.07, 6.45) is 2.36. The average molecular weight is 339 g/mol. The van der Waals surface area contributed by atoms with Gasteiger partial charge in [0, 0.05) is 31.0 Å². The Labute approximate surface area is 136 Å². The lowest BCUT2D eigenvalue weighted by molar-refractivity contribution is -0.274. The Bertz CT molecular complexity index is 684. The number of hydrogen-bond acceptors (Lipinski definition) is 3. The summed E-state index contributed by atoms with van der Waals surface area (Å²) < 4.78 is 42.3. The number of carbonyl (C=O) groups excluding carboxylic acids is 1. The molecule has 0 saturated carbocycles. The van der Waals surface area contributed by atoms with Crippen LogP contribution < -0.4 is 4.74 Å². The van der Waals surface area contributed by atoms with E-state index in [9.17, 15) is 18.0 Å². The Morgan fingerprint density at radius 1 is 1.25 bits per heavy atom. The fourth-order valence-electron chi connectivity index (χ4n) is 2.85. The van der Waals surface area contributed by atoms with Crippen molar-refractivity contribution in [2.24, 2.45) is 0 Å². The number of piperidine rings is 1. The highest BCUT2D eigenvalue weighted by molar-refractivity contribution is 5.94. The number of likely N-dealkylation sites (tertiary alicyclic amines) is 1. The van der Waals surface area contributed by atoms with Gasteiger partial charge in [-0.05, 0) is 37.1 Å². The van der Waals surface area contributed by atoms with Crippen LogP contribution >= 0.6 is 0 Å². The van der Waals surface area contributed by atoms with Gasteiger partial charge in [-0.1, -0.05) is 0 Å². The van der Waals surface area contributed by atoms with Gasteiger partial charge in [0.25, 0.3) is 5.91 Å². The van der Waals surface area contributed by atoms with Crippen molar-refractivity contribution in [3.63, 3.8) is 0 Å². The Hall–Kier alpha value is -2.51. The molecule has 1 aliphatic heterocycles. The summed E-state index contributed by atoms with van der Waals surface area (Å²) in [7, 11) is 0. The zero-order chi connectivity index (χ0) is 17.2. The van der Waals surface area contributed by atoms with Crippen molar-refractivity contribution in [1.29, 1.82) is 0 Å². The van der Waals surface area contributed by atoms with Gasteiger partial charge < -0.3 is 14.2 Å². The lowest BCUT2D eigenvalue weighted by atomic mass is 10.0. The largest absolute Gasteiger partial charge is 0.573 e. The highest BCUT2D eigenvalue weighted by Crippen LogP contribution is 2.25. The molecular weight excluding hydrogens is 323 g/mol. The molecule has 24 heavy (non-hydrogen) atoms. The molecule has 0 aliphatic carbocycles. The molecule has 8 heteroatoms. The first-order chi connectivity index (χ1) is 11.4. The van der Waals surface area contributed by atoms with E-state index in [0.717, 1.165) is 25.0 Å². The zero-order valence-electron chi connectivity index (χ0n) is 12.7. The van der Waals surface area contributed by atoms with Crippen LogP contribution in [-0.2, 0) is 0 Å². The molecule has 0 N–H and O–H groups in total. The standard InChI is InChI=1S/C16H16F3N3O2/c17-16(18,19)24-14-5-3-12(4-6-14)15(23)21-8-1-2-13(10-21)22-9-7-20-11-22/h3-7,9,11,13H,1-2,8,10H2. The smallest absolute Gasteiger partial charge is 0.406 e. The van der Waals surface area contributed by atoms with Gasteiger partial charge in [0.2, 0.25) is 0 Å². The minimum atomic E-state index is -4.74. The predicted molar refractivity (Wildman–Crippen MR) is 79.5 cm³/mol. The number of halogens is 3. The number of amides is 1. The molecule has 1 fully saturated rings. The lowest BCUT2D eigenvalue weighted by Crippen LogP contribution is -2.40. The molecule has 0 radical (unpaired) electrons.